The van der Waals surface area contributed by atoms with Crippen molar-refractivity contribution >= 4 is 5.78 Å². The van der Waals surface area contributed by atoms with Crippen LogP contribution in [0.15, 0.2) is 24.5 Å². The van der Waals surface area contributed by atoms with Crippen LogP contribution < -0.4 is 4.57 Å². The molecule has 2 heteroatoms. The van der Waals surface area contributed by atoms with Crippen LogP contribution in [0, 0.1) is 5.92 Å². The first kappa shape index (κ1) is 10.3. The fourth-order valence-corrected chi connectivity index (χ4v) is 2.27. The molecule has 1 aromatic rings. The molecule has 0 aromatic carbocycles. The van der Waals surface area contributed by atoms with Gasteiger partial charge in [0.1, 0.15) is 7.05 Å². The van der Waals surface area contributed by atoms with Crippen LogP contribution in [0.25, 0.3) is 0 Å². The molecule has 1 fully saturated rings. The summed E-state index contributed by atoms with van der Waals surface area (Å²) in [4.78, 5) is 12.1. The van der Waals surface area contributed by atoms with Gasteiger partial charge in [-0.15, -0.1) is 0 Å². The summed E-state index contributed by atoms with van der Waals surface area (Å²) in [5.41, 5.74) is 0.875. The van der Waals surface area contributed by atoms with E-state index in [1.165, 1.54) is 19.3 Å². The molecule has 0 N–H and O–H groups in total. The second-order valence-electron chi connectivity index (χ2n) is 4.45. The van der Waals surface area contributed by atoms with Gasteiger partial charge >= 0.3 is 0 Å². The number of nitrogens with zero attached hydrogens (tertiary/aromatic N) is 1. The smallest absolute Gasteiger partial charge is 0.169 e. The van der Waals surface area contributed by atoms with Gasteiger partial charge in [-0.05, 0) is 12.8 Å². The summed E-state index contributed by atoms with van der Waals surface area (Å²) in [5.74, 6) is 0.627. The summed E-state index contributed by atoms with van der Waals surface area (Å²) in [5, 5.41) is 0. The number of hydrogen-bond donors (Lipinski definition) is 0. The highest BCUT2D eigenvalue weighted by Gasteiger charge is 2.22. The Morgan fingerprint density at radius 3 is 2.40 bits per heavy atom. The molecular weight excluding hydrogens is 186 g/mol. The molecule has 0 saturated heterocycles. The van der Waals surface area contributed by atoms with Crippen molar-refractivity contribution < 1.29 is 9.36 Å². The Balaban J connectivity index is 2.09. The van der Waals surface area contributed by atoms with Crippen LogP contribution in [0.1, 0.15) is 42.5 Å². The number of Topliss-reactive ketones (excluding diaryl/α,β-unsaturated/α-hetero) is 1. The number of carbonyl (C=O) groups excluding carboxylic acids is 1. The second kappa shape index (κ2) is 4.56. The summed E-state index contributed by atoms with van der Waals surface area (Å²) < 4.78 is 1.96. The molecule has 0 amide bonds. The van der Waals surface area contributed by atoms with Crippen molar-refractivity contribution in [2.45, 2.75) is 32.1 Å². The summed E-state index contributed by atoms with van der Waals surface area (Å²) in [7, 11) is 1.97. The number of aryl methyl sites for hydroxylation is 1. The van der Waals surface area contributed by atoms with Gasteiger partial charge in [0.2, 0.25) is 0 Å². The van der Waals surface area contributed by atoms with E-state index in [1.54, 1.807) is 0 Å². The Hall–Kier alpha value is -1.18. The minimum atomic E-state index is 0.284. The van der Waals surface area contributed by atoms with Gasteiger partial charge < -0.3 is 0 Å². The van der Waals surface area contributed by atoms with Gasteiger partial charge in [-0.2, -0.15) is 0 Å². The number of pyridine rings is 1. The molecule has 0 aliphatic heterocycles. The summed E-state index contributed by atoms with van der Waals surface area (Å²) in [6.07, 6.45) is 9.79. The first-order chi connectivity index (χ1) is 7.27. The molecule has 2 rings (SSSR count). The first-order valence-electron chi connectivity index (χ1n) is 5.77. The first-order valence-corrected chi connectivity index (χ1v) is 5.77. The molecular formula is C13H18NO+. The van der Waals surface area contributed by atoms with Crippen LogP contribution in [0.4, 0.5) is 0 Å². The quantitative estimate of drug-likeness (QED) is 0.535. The molecule has 0 bridgehead atoms. The van der Waals surface area contributed by atoms with E-state index in [9.17, 15) is 4.79 Å². The van der Waals surface area contributed by atoms with Crippen LogP contribution in [0.2, 0.25) is 0 Å². The van der Waals surface area contributed by atoms with Crippen molar-refractivity contribution in [2.75, 3.05) is 0 Å². The lowest BCUT2D eigenvalue weighted by Gasteiger charge is -2.19. The van der Waals surface area contributed by atoms with E-state index in [4.69, 9.17) is 0 Å². The molecule has 2 nitrogen and oxygen atoms in total. The van der Waals surface area contributed by atoms with Gasteiger partial charge in [-0.1, -0.05) is 19.3 Å². The predicted octanol–water partition coefficient (Wildman–Crippen LogP) is 2.27. The van der Waals surface area contributed by atoms with Gasteiger partial charge in [0.05, 0.1) is 0 Å². The van der Waals surface area contributed by atoms with E-state index in [-0.39, 0.29) is 5.92 Å². The Kier molecular flexibility index (Phi) is 3.14. The maximum Gasteiger partial charge on any atom is 0.169 e. The average molecular weight is 204 g/mol. The minimum absolute atomic E-state index is 0.284. The number of rotatable bonds is 2. The Morgan fingerprint density at radius 2 is 1.80 bits per heavy atom. The lowest BCUT2D eigenvalue weighted by atomic mass is 9.84. The van der Waals surface area contributed by atoms with Crippen molar-refractivity contribution in [3.8, 4) is 0 Å². The molecule has 0 atom stereocenters. The standard InChI is InChI=1S/C13H18NO/c1-14-9-7-12(8-10-14)13(15)11-5-3-2-4-6-11/h7-11H,2-6H2,1H3/q+1. The summed E-state index contributed by atoms with van der Waals surface area (Å²) >= 11 is 0. The maximum atomic E-state index is 12.1. The average Bonchev–Trinajstić information content (AvgIpc) is 2.30. The third-order valence-electron chi connectivity index (χ3n) is 3.24. The fourth-order valence-electron chi connectivity index (χ4n) is 2.27. The number of ketones is 1. The van der Waals surface area contributed by atoms with E-state index in [1.807, 2.05) is 36.1 Å². The van der Waals surface area contributed by atoms with Crippen LogP contribution in [-0.4, -0.2) is 5.78 Å². The van der Waals surface area contributed by atoms with E-state index in [0.717, 1.165) is 18.4 Å². The lowest BCUT2D eigenvalue weighted by Crippen LogP contribution is -2.27. The van der Waals surface area contributed by atoms with Crippen LogP contribution in [-0.2, 0) is 7.05 Å². The van der Waals surface area contributed by atoms with Gasteiger partial charge in [-0.25, -0.2) is 4.57 Å². The van der Waals surface area contributed by atoms with Crippen molar-refractivity contribution in [3.05, 3.63) is 30.1 Å². The summed E-state index contributed by atoms with van der Waals surface area (Å²) in [6.45, 7) is 0. The Labute approximate surface area is 90.9 Å². The summed E-state index contributed by atoms with van der Waals surface area (Å²) in [6, 6.07) is 3.86. The molecule has 15 heavy (non-hydrogen) atoms. The van der Waals surface area contributed by atoms with Crippen molar-refractivity contribution in [1.82, 2.24) is 0 Å². The maximum absolute atomic E-state index is 12.1. The van der Waals surface area contributed by atoms with Gasteiger partial charge in [0.15, 0.2) is 18.2 Å². The van der Waals surface area contributed by atoms with Crippen molar-refractivity contribution in [1.29, 1.82) is 0 Å². The highest BCUT2D eigenvalue weighted by atomic mass is 16.1. The molecule has 80 valence electrons. The highest BCUT2D eigenvalue weighted by molar-refractivity contribution is 5.97. The number of carbonyl (C=O) groups is 1. The van der Waals surface area contributed by atoms with Crippen molar-refractivity contribution in [3.63, 3.8) is 0 Å². The Bertz CT molecular complexity index is 336. The number of aromatic nitrogens is 1. The van der Waals surface area contributed by atoms with Crippen LogP contribution in [0.5, 0.6) is 0 Å². The van der Waals surface area contributed by atoms with E-state index < -0.39 is 0 Å². The zero-order valence-corrected chi connectivity index (χ0v) is 9.28. The van der Waals surface area contributed by atoms with Crippen LogP contribution >= 0.6 is 0 Å². The minimum Gasteiger partial charge on any atom is -0.294 e. The van der Waals surface area contributed by atoms with Crippen LogP contribution in [0.3, 0.4) is 0 Å². The molecule has 0 radical (unpaired) electrons. The SMILES string of the molecule is C[n+]1ccc(C(=O)C2CCCCC2)cc1. The zero-order valence-electron chi connectivity index (χ0n) is 9.28. The zero-order chi connectivity index (χ0) is 10.7. The van der Waals surface area contributed by atoms with Crippen molar-refractivity contribution in [2.24, 2.45) is 13.0 Å². The third-order valence-corrected chi connectivity index (χ3v) is 3.24. The van der Waals surface area contributed by atoms with Gasteiger partial charge in [-0.3, -0.25) is 4.79 Å². The molecule has 0 unspecified atom stereocenters. The molecule has 0 spiro atoms. The highest BCUT2D eigenvalue weighted by Crippen LogP contribution is 2.26. The largest absolute Gasteiger partial charge is 0.294 e. The fraction of sp³-hybridized carbons (Fsp3) is 0.538. The van der Waals surface area contributed by atoms with Gasteiger partial charge in [0.25, 0.3) is 0 Å². The third kappa shape index (κ3) is 2.44. The molecule has 1 aromatic heterocycles. The monoisotopic (exact) mass is 204 g/mol. The normalized spacial score (nSPS) is 17.7. The van der Waals surface area contributed by atoms with E-state index in [0.29, 0.717) is 5.78 Å². The molecule has 1 aliphatic rings. The van der Waals surface area contributed by atoms with E-state index >= 15 is 0 Å². The lowest BCUT2D eigenvalue weighted by molar-refractivity contribution is -0.671. The van der Waals surface area contributed by atoms with Gasteiger partial charge in [0, 0.05) is 23.6 Å². The molecule has 1 aliphatic carbocycles. The second-order valence-corrected chi connectivity index (χ2v) is 4.45. The Morgan fingerprint density at radius 1 is 1.20 bits per heavy atom. The molecule has 1 heterocycles. The molecule has 1 saturated carbocycles. The number of hydrogen-bond acceptors (Lipinski definition) is 1. The van der Waals surface area contributed by atoms with E-state index in [2.05, 4.69) is 0 Å². The topological polar surface area (TPSA) is 20.9 Å². The predicted molar refractivity (Wildman–Crippen MR) is 58.5 cm³/mol.